The molecule has 3 nitrogen and oxygen atoms in total. The average Bonchev–Trinajstić information content (AvgIpc) is 2.42. The maximum absolute atomic E-state index is 13.0. The SMILES string of the molecule is CCN1C(=O)C(=O)c2cc(F)cc(Br)c21. The third-order valence-electron chi connectivity index (χ3n) is 2.30. The standard InChI is InChI=1S/C10H7BrFNO2/c1-2-13-8-6(9(14)10(13)15)3-5(12)4-7(8)11/h3-4H,2H2,1H3. The molecule has 5 heteroatoms. The number of carbonyl (C=O) groups is 2. The third-order valence-corrected chi connectivity index (χ3v) is 2.90. The Morgan fingerprint density at radius 3 is 2.67 bits per heavy atom. The fraction of sp³-hybridized carbons (Fsp3) is 0.200. The first-order valence-corrected chi connectivity index (χ1v) is 5.20. The van der Waals surface area contributed by atoms with Crippen LogP contribution in [0, 0.1) is 5.82 Å². The molecule has 0 spiro atoms. The van der Waals surface area contributed by atoms with Crippen molar-refractivity contribution in [2.45, 2.75) is 6.92 Å². The number of halogens is 2. The van der Waals surface area contributed by atoms with Crippen LogP contribution in [0.1, 0.15) is 17.3 Å². The van der Waals surface area contributed by atoms with Gasteiger partial charge >= 0.3 is 0 Å². The molecular weight excluding hydrogens is 265 g/mol. The fourth-order valence-corrected chi connectivity index (χ4v) is 2.30. The highest BCUT2D eigenvalue weighted by Crippen LogP contribution is 2.36. The van der Waals surface area contributed by atoms with Crippen molar-refractivity contribution in [3.8, 4) is 0 Å². The van der Waals surface area contributed by atoms with Gasteiger partial charge in [-0.15, -0.1) is 0 Å². The van der Waals surface area contributed by atoms with E-state index in [9.17, 15) is 14.0 Å². The van der Waals surface area contributed by atoms with E-state index in [-0.39, 0.29) is 5.56 Å². The van der Waals surface area contributed by atoms with Gasteiger partial charge in [-0.2, -0.15) is 0 Å². The summed E-state index contributed by atoms with van der Waals surface area (Å²) in [5, 5.41) is 0. The summed E-state index contributed by atoms with van der Waals surface area (Å²) >= 11 is 3.15. The molecule has 1 heterocycles. The monoisotopic (exact) mass is 271 g/mol. The van der Waals surface area contributed by atoms with E-state index in [4.69, 9.17) is 0 Å². The number of benzene rings is 1. The highest BCUT2D eigenvalue weighted by atomic mass is 79.9. The Morgan fingerprint density at radius 1 is 1.40 bits per heavy atom. The summed E-state index contributed by atoms with van der Waals surface area (Å²) in [6, 6.07) is 2.34. The zero-order chi connectivity index (χ0) is 11.2. The van der Waals surface area contributed by atoms with E-state index in [1.807, 2.05) is 0 Å². The van der Waals surface area contributed by atoms with Crippen LogP contribution in [0.5, 0.6) is 0 Å². The molecule has 1 aliphatic rings. The summed E-state index contributed by atoms with van der Waals surface area (Å²) < 4.78 is 13.5. The summed E-state index contributed by atoms with van der Waals surface area (Å²) in [4.78, 5) is 24.3. The summed E-state index contributed by atoms with van der Waals surface area (Å²) in [6.45, 7) is 2.15. The molecular formula is C10H7BrFNO2. The van der Waals surface area contributed by atoms with Crippen LogP contribution in [0.25, 0.3) is 0 Å². The average molecular weight is 272 g/mol. The number of Topliss-reactive ketones (excluding diaryl/α,β-unsaturated/α-hetero) is 1. The number of fused-ring (bicyclic) bond motifs is 1. The molecule has 2 rings (SSSR count). The maximum atomic E-state index is 13.0. The Labute approximate surface area is 94.0 Å². The number of carbonyl (C=O) groups excluding carboxylic acids is 2. The molecule has 0 N–H and O–H groups in total. The second-order valence-electron chi connectivity index (χ2n) is 3.16. The second kappa shape index (κ2) is 3.41. The van der Waals surface area contributed by atoms with Gasteiger partial charge in [0.1, 0.15) is 5.82 Å². The van der Waals surface area contributed by atoms with E-state index < -0.39 is 17.5 Å². The second-order valence-corrected chi connectivity index (χ2v) is 4.02. The molecule has 0 saturated heterocycles. The molecule has 78 valence electrons. The van der Waals surface area contributed by atoms with Crippen molar-refractivity contribution in [1.29, 1.82) is 0 Å². The number of anilines is 1. The first-order chi connectivity index (χ1) is 7.06. The third kappa shape index (κ3) is 1.38. The Morgan fingerprint density at radius 2 is 2.07 bits per heavy atom. The lowest BCUT2D eigenvalue weighted by molar-refractivity contribution is -0.114. The highest BCUT2D eigenvalue weighted by Gasteiger charge is 2.36. The van der Waals surface area contributed by atoms with Crippen LogP contribution in [0.4, 0.5) is 10.1 Å². The number of amides is 1. The minimum absolute atomic E-state index is 0.133. The largest absolute Gasteiger partial charge is 0.304 e. The number of hydrogen-bond acceptors (Lipinski definition) is 2. The molecule has 0 fully saturated rings. The molecule has 0 radical (unpaired) electrons. The van der Waals surface area contributed by atoms with Crippen LogP contribution in [0.2, 0.25) is 0 Å². The zero-order valence-corrected chi connectivity index (χ0v) is 9.47. The minimum Gasteiger partial charge on any atom is -0.304 e. The van der Waals surface area contributed by atoms with E-state index >= 15 is 0 Å². The van der Waals surface area contributed by atoms with Crippen LogP contribution in [-0.4, -0.2) is 18.2 Å². The van der Waals surface area contributed by atoms with Crippen molar-refractivity contribution in [3.05, 3.63) is 28.0 Å². The number of ketones is 1. The van der Waals surface area contributed by atoms with Gasteiger partial charge in [-0.1, -0.05) is 0 Å². The normalized spacial score (nSPS) is 14.7. The summed E-state index contributed by atoms with van der Waals surface area (Å²) in [6.07, 6.45) is 0. The number of hydrogen-bond donors (Lipinski definition) is 0. The molecule has 0 aromatic heterocycles. The molecule has 0 unspecified atom stereocenters. The van der Waals surface area contributed by atoms with Crippen LogP contribution in [0.3, 0.4) is 0 Å². The van der Waals surface area contributed by atoms with E-state index in [1.54, 1.807) is 6.92 Å². The zero-order valence-electron chi connectivity index (χ0n) is 7.88. The molecule has 0 atom stereocenters. The molecule has 15 heavy (non-hydrogen) atoms. The minimum atomic E-state index is -0.646. The number of likely N-dealkylation sites (N-methyl/N-ethyl adjacent to an activating group) is 1. The molecule has 0 bridgehead atoms. The summed E-state index contributed by atoms with van der Waals surface area (Å²) in [5.74, 6) is -1.77. The van der Waals surface area contributed by atoms with Gasteiger partial charge in [0, 0.05) is 11.0 Å². The Balaban J connectivity index is 2.70. The fourth-order valence-electron chi connectivity index (χ4n) is 1.65. The predicted octanol–water partition coefficient (Wildman–Crippen LogP) is 2.14. The Hall–Kier alpha value is -1.23. The van der Waals surface area contributed by atoms with E-state index in [0.29, 0.717) is 16.7 Å². The molecule has 1 aliphatic heterocycles. The van der Waals surface area contributed by atoms with E-state index in [1.165, 1.54) is 11.0 Å². The van der Waals surface area contributed by atoms with Crippen molar-refractivity contribution in [2.24, 2.45) is 0 Å². The van der Waals surface area contributed by atoms with Crippen LogP contribution >= 0.6 is 15.9 Å². The van der Waals surface area contributed by atoms with Gasteiger partial charge in [-0.05, 0) is 35.0 Å². The highest BCUT2D eigenvalue weighted by molar-refractivity contribution is 9.10. The quantitative estimate of drug-likeness (QED) is 0.734. The Bertz CT molecular complexity index is 473. The van der Waals surface area contributed by atoms with Crippen molar-refractivity contribution < 1.29 is 14.0 Å². The summed E-state index contributed by atoms with van der Waals surface area (Å²) in [7, 11) is 0. The lowest BCUT2D eigenvalue weighted by Crippen LogP contribution is -2.29. The Kier molecular flexibility index (Phi) is 2.34. The van der Waals surface area contributed by atoms with E-state index in [2.05, 4.69) is 15.9 Å². The van der Waals surface area contributed by atoms with Gasteiger partial charge in [-0.25, -0.2) is 4.39 Å². The van der Waals surface area contributed by atoms with Gasteiger partial charge in [0.2, 0.25) is 0 Å². The van der Waals surface area contributed by atoms with Crippen LogP contribution in [-0.2, 0) is 4.79 Å². The van der Waals surface area contributed by atoms with Crippen LogP contribution < -0.4 is 4.90 Å². The van der Waals surface area contributed by atoms with E-state index in [0.717, 1.165) is 6.07 Å². The van der Waals surface area contributed by atoms with Gasteiger partial charge in [-0.3, -0.25) is 9.59 Å². The lowest BCUT2D eigenvalue weighted by atomic mass is 10.1. The number of nitrogens with zero attached hydrogens (tertiary/aromatic N) is 1. The first-order valence-electron chi connectivity index (χ1n) is 4.41. The molecule has 0 saturated carbocycles. The lowest BCUT2D eigenvalue weighted by Gasteiger charge is -2.14. The molecule has 1 aromatic carbocycles. The smallest absolute Gasteiger partial charge is 0.299 e. The van der Waals surface area contributed by atoms with Gasteiger partial charge in [0.15, 0.2) is 0 Å². The van der Waals surface area contributed by atoms with Gasteiger partial charge < -0.3 is 4.90 Å². The summed E-state index contributed by atoms with van der Waals surface area (Å²) in [5.41, 5.74) is 0.600. The van der Waals surface area contributed by atoms with Crippen molar-refractivity contribution >= 4 is 33.3 Å². The molecule has 0 aliphatic carbocycles. The predicted molar refractivity (Wildman–Crippen MR) is 56.5 cm³/mol. The number of rotatable bonds is 1. The maximum Gasteiger partial charge on any atom is 0.299 e. The van der Waals surface area contributed by atoms with Crippen molar-refractivity contribution in [1.82, 2.24) is 0 Å². The van der Waals surface area contributed by atoms with Crippen molar-refractivity contribution in [2.75, 3.05) is 11.4 Å². The molecule has 1 amide bonds. The topological polar surface area (TPSA) is 37.4 Å². The van der Waals surface area contributed by atoms with Gasteiger partial charge in [0.05, 0.1) is 11.3 Å². The first kappa shape index (κ1) is 10.3. The van der Waals surface area contributed by atoms with Crippen molar-refractivity contribution in [3.63, 3.8) is 0 Å². The van der Waals surface area contributed by atoms with Crippen LogP contribution in [0.15, 0.2) is 16.6 Å². The molecule has 1 aromatic rings. The van der Waals surface area contributed by atoms with Gasteiger partial charge in [0.25, 0.3) is 11.7 Å².